The number of rotatable bonds is 0. The van der Waals surface area contributed by atoms with Crippen LogP contribution in [0.15, 0.2) is 18.2 Å². The number of hydrogen-bond donors (Lipinski definition) is 1. The van der Waals surface area contributed by atoms with Gasteiger partial charge in [0.15, 0.2) is 0 Å². The molecular weight excluding hydrogens is 239 g/mol. The summed E-state index contributed by atoms with van der Waals surface area (Å²) in [5, 5.41) is 0. The first-order chi connectivity index (χ1) is 7.00. The fourth-order valence-electron chi connectivity index (χ4n) is 2.15. The second kappa shape index (κ2) is 4.63. The minimum Gasteiger partial charge on any atom is -0.324 e. The number of alkyl halides is 3. The third-order valence-corrected chi connectivity index (χ3v) is 2.86. The van der Waals surface area contributed by atoms with Crippen molar-refractivity contribution in [3.8, 4) is 0 Å². The molecule has 16 heavy (non-hydrogen) atoms. The fraction of sp³-hybridized carbons (Fsp3) is 0.455. The van der Waals surface area contributed by atoms with Gasteiger partial charge in [-0.25, -0.2) is 0 Å². The molecule has 0 heterocycles. The summed E-state index contributed by atoms with van der Waals surface area (Å²) in [4.78, 5) is 0. The molecule has 1 aromatic rings. The van der Waals surface area contributed by atoms with E-state index in [1.807, 2.05) is 0 Å². The van der Waals surface area contributed by atoms with Crippen LogP contribution in [0.1, 0.15) is 35.6 Å². The Hall–Kier alpha value is -0.740. The highest BCUT2D eigenvalue weighted by Crippen LogP contribution is 2.38. The Kier molecular flexibility index (Phi) is 3.86. The van der Waals surface area contributed by atoms with Crippen LogP contribution in [0.4, 0.5) is 13.2 Å². The van der Waals surface area contributed by atoms with Gasteiger partial charge in [-0.15, -0.1) is 12.4 Å². The van der Waals surface area contributed by atoms with E-state index in [4.69, 9.17) is 5.73 Å². The number of benzene rings is 1. The molecule has 1 aromatic carbocycles. The summed E-state index contributed by atoms with van der Waals surface area (Å²) in [5.74, 6) is 0. The minimum absolute atomic E-state index is 0. The van der Waals surface area contributed by atoms with Crippen LogP contribution in [0.3, 0.4) is 0 Å². The molecule has 0 radical (unpaired) electrons. The first kappa shape index (κ1) is 13.3. The lowest BCUT2D eigenvalue weighted by atomic mass is 9.85. The summed E-state index contributed by atoms with van der Waals surface area (Å²) in [6.45, 7) is 0. The second-order valence-electron chi connectivity index (χ2n) is 3.87. The lowest BCUT2D eigenvalue weighted by Gasteiger charge is -2.25. The smallest absolute Gasteiger partial charge is 0.324 e. The Labute approximate surface area is 98.2 Å². The maximum absolute atomic E-state index is 12.7. The largest absolute Gasteiger partial charge is 0.416 e. The van der Waals surface area contributed by atoms with Crippen molar-refractivity contribution in [1.29, 1.82) is 0 Å². The molecule has 1 nitrogen and oxygen atoms in total. The van der Waals surface area contributed by atoms with Gasteiger partial charge in [-0.2, -0.15) is 13.2 Å². The molecule has 0 amide bonds. The molecule has 0 aromatic heterocycles. The lowest BCUT2D eigenvalue weighted by molar-refractivity contribution is -0.138. The van der Waals surface area contributed by atoms with Crippen LogP contribution in [0.2, 0.25) is 0 Å². The lowest BCUT2D eigenvalue weighted by Crippen LogP contribution is -2.21. The molecule has 0 saturated carbocycles. The van der Waals surface area contributed by atoms with Crippen molar-refractivity contribution in [3.63, 3.8) is 0 Å². The summed E-state index contributed by atoms with van der Waals surface area (Å²) in [6, 6.07) is 4.04. The monoisotopic (exact) mass is 251 g/mol. The number of halogens is 4. The van der Waals surface area contributed by atoms with E-state index in [1.54, 1.807) is 6.07 Å². The van der Waals surface area contributed by atoms with Crippen molar-refractivity contribution in [1.82, 2.24) is 0 Å². The van der Waals surface area contributed by atoms with Crippen molar-refractivity contribution >= 4 is 12.4 Å². The van der Waals surface area contributed by atoms with E-state index < -0.39 is 11.7 Å². The first-order valence-corrected chi connectivity index (χ1v) is 4.94. The topological polar surface area (TPSA) is 26.0 Å². The van der Waals surface area contributed by atoms with Gasteiger partial charge in [-0.1, -0.05) is 12.1 Å². The van der Waals surface area contributed by atoms with E-state index in [9.17, 15) is 13.2 Å². The maximum Gasteiger partial charge on any atom is 0.416 e. The van der Waals surface area contributed by atoms with Crippen molar-refractivity contribution in [2.24, 2.45) is 5.73 Å². The number of nitrogens with two attached hydrogens (primary N) is 1. The van der Waals surface area contributed by atoms with E-state index in [0.29, 0.717) is 17.5 Å². The van der Waals surface area contributed by atoms with Crippen molar-refractivity contribution < 1.29 is 13.2 Å². The highest BCUT2D eigenvalue weighted by molar-refractivity contribution is 5.85. The number of hydrogen-bond acceptors (Lipinski definition) is 1. The normalized spacial score (nSPS) is 19.9. The summed E-state index contributed by atoms with van der Waals surface area (Å²) in [7, 11) is 0. The van der Waals surface area contributed by atoms with E-state index in [1.165, 1.54) is 6.07 Å². The molecule has 0 spiro atoms. The van der Waals surface area contributed by atoms with Crippen LogP contribution in [0, 0.1) is 0 Å². The van der Waals surface area contributed by atoms with Crippen LogP contribution in [0.5, 0.6) is 0 Å². The zero-order chi connectivity index (χ0) is 11.1. The van der Waals surface area contributed by atoms with E-state index >= 15 is 0 Å². The quantitative estimate of drug-likeness (QED) is 0.751. The Balaban J connectivity index is 0.00000128. The van der Waals surface area contributed by atoms with Crippen LogP contribution < -0.4 is 5.73 Å². The molecule has 0 bridgehead atoms. The molecule has 2 rings (SSSR count). The van der Waals surface area contributed by atoms with Crippen LogP contribution >= 0.6 is 12.4 Å². The molecule has 0 fully saturated rings. The van der Waals surface area contributed by atoms with Crippen molar-refractivity contribution in [2.45, 2.75) is 31.5 Å². The highest BCUT2D eigenvalue weighted by atomic mass is 35.5. The van der Waals surface area contributed by atoms with Gasteiger partial charge in [-0.05, 0) is 36.5 Å². The zero-order valence-electron chi connectivity index (χ0n) is 8.55. The molecule has 1 aliphatic rings. The van der Waals surface area contributed by atoms with Crippen LogP contribution in [-0.2, 0) is 12.6 Å². The molecule has 1 atom stereocenters. The third kappa shape index (κ3) is 2.33. The Morgan fingerprint density at radius 1 is 1.25 bits per heavy atom. The van der Waals surface area contributed by atoms with Gasteiger partial charge >= 0.3 is 6.18 Å². The van der Waals surface area contributed by atoms with Crippen LogP contribution in [0.25, 0.3) is 0 Å². The Morgan fingerprint density at radius 2 is 1.94 bits per heavy atom. The van der Waals surface area contributed by atoms with Gasteiger partial charge in [0.25, 0.3) is 0 Å². The molecule has 5 heteroatoms. The predicted octanol–water partition coefficient (Wildman–Crippen LogP) is 3.46. The molecule has 0 aliphatic heterocycles. The molecule has 1 unspecified atom stereocenters. The molecule has 1 aliphatic carbocycles. The fourth-order valence-corrected chi connectivity index (χ4v) is 2.15. The maximum atomic E-state index is 12.7. The summed E-state index contributed by atoms with van der Waals surface area (Å²) < 4.78 is 38.0. The third-order valence-electron chi connectivity index (χ3n) is 2.86. The van der Waals surface area contributed by atoms with Gasteiger partial charge in [0.2, 0.25) is 0 Å². The van der Waals surface area contributed by atoms with Gasteiger partial charge in [-0.3, -0.25) is 0 Å². The van der Waals surface area contributed by atoms with Gasteiger partial charge in [0.1, 0.15) is 0 Å². The average Bonchev–Trinajstić information content (AvgIpc) is 2.16. The number of fused-ring (bicyclic) bond motifs is 1. The zero-order valence-corrected chi connectivity index (χ0v) is 9.37. The average molecular weight is 252 g/mol. The van der Waals surface area contributed by atoms with E-state index in [-0.39, 0.29) is 18.4 Å². The highest BCUT2D eigenvalue weighted by Gasteiger charge is 2.35. The Bertz CT molecular complexity index is 376. The van der Waals surface area contributed by atoms with Gasteiger partial charge < -0.3 is 5.73 Å². The predicted molar refractivity (Wildman–Crippen MR) is 58.6 cm³/mol. The van der Waals surface area contributed by atoms with E-state index in [2.05, 4.69) is 0 Å². The first-order valence-electron chi connectivity index (χ1n) is 4.94. The SMILES string of the molecule is Cl.NC1CCCc2c1cccc2C(F)(F)F. The molecule has 2 N–H and O–H groups in total. The van der Waals surface area contributed by atoms with E-state index in [0.717, 1.165) is 18.9 Å². The summed E-state index contributed by atoms with van der Waals surface area (Å²) in [5.41, 5.74) is 6.33. The molecular formula is C11H13ClF3N. The van der Waals surface area contributed by atoms with Gasteiger partial charge in [0, 0.05) is 6.04 Å². The van der Waals surface area contributed by atoms with Crippen molar-refractivity contribution in [2.75, 3.05) is 0 Å². The molecule has 0 saturated heterocycles. The summed E-state index contributed by atoms with van der Waals surface area (Å²) in [6.07, 6.45) is -2.27. The standard InChI is InChI=1S/C11H12F3N.ClH/c12-11(13,14)9-5-1-4-8-7(9)3-2-6-10(8)15;/h1,4-5,10H,2-3,6,15H2;1H. The van der Waals surface area contributed by atoms with Crippen molar-refractivity contribution in [3.05, 3.63) is 34.9 Å². The minimum atomic E-state index is -4.26. The van der Waals surface area contributed by atoms with Gasteiger partial charge in [0.05, 0.1) is 5.56 Å². The van der Waals surface area contributed by atoms with Crippen LogP contribution in [-0.4, -0.2) is 0 Å². The summed E-state index contributed by atoms with van der Waals surface area (Å²) >= 11 is 0. The second-order valence-corrected chi connectivity index (χ2v) is 3.87. The Morgan fingerprint density at radius 3 is 2.56 bits per heavy atom. The molecule has 90 valence electrons.